The second-order valence-electron chi connectivity index (χ2n) is 4.46. The van der Waals surface area contributed by atoms with Gasteiger partial charge in [-0.1, -0.05) is 18.2 Å². The van der Waals surface area contributed by atoms with Gasteiger partial charge in [0.15, 0.2) is 11.5 Å². The van der Waals surface area contributed by atoms with Crippen LogP contribution in [0.2, 0.25) is 0 Å². The third kappa shape index (κ3) is 3.31. The van der Waals surface area contributed by atoms with Crippen molar-refractivity contribution >= 4 is 5.97 Å². The zero-order valence-corrected chi connectivity index (χ0v) is 11.7. The van der Waals surface area contributed by atoms with Crippen molar-refractivity contribution in [2.75, 3.05) is 7.11 Å². The van der Waals surface area contributed by atoms with Crippen LogP contribution in [0.1, 0.15) is 28.9 Å². The molecule has 2 rings (SSSR count). The molecule has 1 N–H and O–H groups in total. The van der Waals surface area contributed by atoms with Crippen LogP contribution in [-0.4, -0.2) is 18.2 Å². The van der Waals surface area contributed by atoms with Gasteiger partial charge in [-0.25, -0.2) is 9.18 Å². The lowest BCUT2D eigenvalue weighted by Gasteiger charge is -2.15. The van der Waals surface area contributed by atoms with E-state index < -0.39 is 12.1 Å². The van der Waals surface area contributed by atoms with Crippen LogP contribution in [0.5, 0.6) is 11.5 Å². The first-order valence-corrected chi connectivity index (χ1v) is 6.35. The Morgan fingerprint density at radius 3 is 2.48 bits per heavy atom. The molecule has 0 heterocycles. The average molecular weight is 290 g/mol. The van der Waals surface area contributed by atoms with Crippen LogP contribution >= 0.6 is 0 Å². The molecule has 0 radical (unpaired) electrons. The van der Waals surface area contributed by atoms with Crippen LogP contribution in [0.4, 0.5) is 4.39 Å². The third-order valence-corrected chi connectivity index (χ3v) is 3.06. The van der Waals surface area contributed by atoms with Gasteiger partial charge >= 0.3 is 5.97 Å². The standard InChI is InChI=1S/C16H15FO4/c1-10(11-6-8-12(17)9-7-11)21-16(19)13-4-3-5-14(20-2)15(13)18/h3-10,18H,1-2H3. The van der Waals surface area contributed by atoms with E-state index in [0.717, 1.165) is 0 Å². The van der Waals surface area contributed by atoms with E-state index in [1.165, 1.54) is 31.4 Å². The topological polar surface area (TPSA) is 55.8 Å². The van der Waals surface area contributed by atoms with E-state index in [-0.39, 0.29) is 22.9 Å². The zero-order chi connectivity index (χ0) is 15.4. The van der Waals surface area contributed by atoms with Gasteiger partial charge < -0.3 is 14.6 Å². The quantitative estimate of drug-likeness (QED) is 0.876. The van der Waals surface area contributed by atoms with E-state index in [9.17, 15) is 14.3 Å². The van der Waals surface area contributed by atoms with Crippen LogP contribution in [0.15, 0.2) is 42.5 Å². The largest absolute Gasteiger partial charge is 0.504 e. The summed E-state index contributed by atoms with van der Waals surface area (Å²) in [6, 6.07) is 10.2. The minimum atomic E-state index is -0.678. The Morgan fingerprint density at radius 2 is 1.86 bits per heavy atom. The van der Waals surface area contributed by atoms with Gasteiger partial charge in [-0.05, 0) is 36.8 Å². The summed E-state index contributed by atoms with van der Waals surface area (Å²) in [4.78, 5) is 12.1. The first-order valence-electron chi connectivity index (χ1n) is 6.35. The number of hydrogen-bond donors (Lipinski definition) is 1. The maximum absolute atomic E-state index is 12.9. The number of aromatic hydroxyl groups is 1. The maximum Gasteiger partial charge on any atom is 0.342 e. The average Bonchev–Trinajstić information content (AvgIpc) is 2.48. The number of ether oxygens (including phenoxy) is 2. The Kier molecular flexibility index (Phi) is 4.42. The molecule has 2 aromatic rings. The normalized spacial score (nSPS) is 11.8. The summed E-state index contributed by atoms with van der Waals surface area (Å²) < 4.78 is 23.1. The Balaban J connectivity index is 2.16. The summed E-state index contributed by atoms with van der Waals surface area (Å²) in [5, 5.41) is 9.90. The van der Waals surface area contributed by atoms with Crippen LogP contribution in [0.3, 0.4) is 0 Å². The molecule has 0 saturated heterocycles. The number of phenolic OH excluding ortho intramolecular Hbond substituents is 1. The fraction of sp³-hybridized carbons (Fsp3) is 0.188. The molecule has 0 bridgehead atoms. The van der Waals surface area contributed by atoms with Gasteiger partial charge in [0, 0.05) is 0 Å². The van der Waals surface area contributed by atoms with Crippen molar-refractivity contribution < 1.29 is 23.8 Å². The second-order valence-corrected chi connectivity index (χ2v) is 4.46. The smallest absolute Gasteiger partial charge is 0.342 e. The minimum Gasteiger partial charge on any atom is -0.504 e. The van der Waals surface area contributed by atoms with Crippen LogP contribution in [0.25, 0.3) is 0 Å². The van der Waals surface area contributed by atoms with Crippen molar-refractivity contribution in [2.24, 2.45) is 0 Å². The molecule has 1 atom stereocenters. The van der Waals surface area contributed by atoms with E-state index in [2.05, 4.69) is 0 Å². The van der Waals surface area contributed by atoms with E-state index in [1.807, 2.05) is 0 Å². The molecule has 4 nitrogen and oxygen atoms in total. The molecular weight excluding hydrogens is 275 g/mol. The van der Waals surface area contributed by atoms with Crippen molar-refractivity contribution in [1.82, 2.24) is 0 Å². The monoisotopic (exact) mass is 290 g/mol. The summed E-state index contributed by atoms with van der Waals surface area (Å²) >= 11 is 0. The molecular formula is C16H15FO4. The summed E-state index contributed by atoms with van der Waals surface area (Å²) in [6.07, 6.45) is -0.566. The molecule has 0 aliphatic carbocycles. The number of rotatable bonds is 4. The van der Waals surface area contributed by atoms with E-state index in [4.69, 9.17) is 9.47 Å². The van der Waals surface area contributed by atoms with Gasteiger partial charge in [0.2, 0.25) is 0 Å². The lowest BCUT2D eigenvalue weighted by Crippen LogP contribution is -2.09. The van der Waals surface area contributed by atoms with Gasteiger partial charge in [-0.2, -0.15) is 0 Å². The molecule has 0 aliphatic heterocycles. The molecule has 0 aliphatic rings. The molecule has 0 amide bonds. The van der Waals surface area contributed by atoms with E-state index in [0.29, 0.717) is 5.56 Å². The van der Waals surface area contributed by atoms with E-state index in [1.54, 1.807) is 25.1 Å². The molecule has 2 aromatic carbocycles. The molecule has 0 fully saturated rings. The number of esters is 1. The van der Waals surface area contributed by atoms with Crippen molar-refractivity contribution in [3.8, 4) is 11.5 Å². The zero-order valence-electron chi connectivity index (χ0n) is 11.7. The molecule has 21 heavy (non-hydrogen) atoms. The fourth-order valence-electron chi connectivity index (χ4n) is 1.88. The van der Waals surface area contributed by atoms with Crippen molar-refractivity contribution in [2.45, 2.75) is 13.0 Å². The molecule has 0 aromatic heterocycles. The lowest BCUT2D eigenvalue weighted by atomic mass is 10.1. The number of phenols is 1. The Labute approximate surface area is 121 Å². The number of benzene rings is 2. The van der Waals surface area contributed by atoms with Crippen LogP contribution in [-0.2, 0) is 4.74 Å². The van der Waals surface area contributed by atoms with Gasteiger partial charge in [0.1, 0.15) is 17.5 Å². The highest BCUT2D eigenvalue weighted by Gasteiger charge is 2.19. The lowest BCUT2D eigenvalue weighted by molar-refractivity contribution is 0.0334. The van der Waals surface area contributed by atoms with Crippen molar-refractivity contribution in [3.63, 3.8) is 0 Å². The number of hydrogen-bond acceptors (Lipinski definition) is 4. The summed E-state index contributed by atoms with van der Waals surface area (Å²) in [5.74, 6) is -1.11. The number of carbonyl (C=O) groups is 1. The number of carbonyl (C=O) groups excluding carboxylic acids is 1. The first-order chi connectivity index (χ1) is 10.0. The second kappa shape index (κ2) is 6.26. The molecule has 1 unspecified atom stereocenters. The Bertz CT molecular complexity index is 637. The predicted molar refractivity (Wildman–Crippen MR) is 74.9 cm³/mol. The van der Waals surface area contributed by atoms with Gasteiger partial charge in [-0.15, -0.1) is 0 Å². The predicted octanol–water partition coefficient (Wildman–Crippen LogP) is 3.46. The molecule has 5 heteroatoms. The summed E-state index contributed by atoms with van der Waals surface area (Å²) in [7, 11) is 1.39. The summed E-state index contributed by atoms with van der Waals surface area (Å²) in [5.41, 5.74) is 0.676. The highest BCUT2D eigenvalue weighted by Crippen LogP contribution is 2.31. The Morgan fingerprint density at radius 1 is 1.19 bits per heavy atom. The van der Waals surface area contributed by atoms with Gasteiger partial charge in [-0.3, -0.25) is 0 Å². The number of halogens is 1. The number of methoxy groups -OCH3 is 1. The molecule has 0 spiro atoms. The van der Waals surface area contributed by atoms with Gasteiger partial charge in [0.05, 0.1) is 7.11 Å². The van der Waals surface area contributed by atoms with Crippen LogP contribution < -0.4 is 4.74 Å². The summed E-state index contributed by atoms with van der Waals surface area (Å²) in [6.45, 7) is 1.67. The SMILES string of the molecule is COc1cccc(C(=O)OC(C)c2ccc(F)cc2)c1O. The van der Waals surface area contributed by atoms with Gasteiger partial charge in [0.25, 0.3) is 0 Å². The first kappa shape index (κ1) is 14.8. The van der Waals surface area contributed by atoms with Crippen LogP contribution in [0, 0.1) is 5.82 Å². The molecule has 110 valence electrons. The van der Waals surface area contributed by atoms with E-state index >= 15 is 0 Å². The molecule has 0 saturated carbocycles. The van der Waals surface area contributed by atoms with Crippen molar-refractivity contribution in [3.05, 3.63) is 59.4 Å². The number of para-hydroxylation sites is 1. The highest BCUT2D eigenvalue weighted by atomic mass is 19.1. The minimum absolute atomic E-state index is 0.0170. The third-order valence-electron chi connectivity index (χ3n) is 3.06. The van der Waals surface area contributed by atoms with Crippen molar-refractivity contribution in [1.29, 1.82) is 0 Å². The maximum atomic E-state index is 12.9. The Hall–Kier alpha value is -2.56. The highest BCUT2D eigenvalue weighted by molar-refractivity contribution is 5.93. The fourth-order valence-corrected chi connectivity index (χ4v) is 1.88.